The van der Waals surface area contributed by atoms with E-state index in [2.05, 4.69) is 0 Å². The van der Waals surface area contributed by atoms with E-state index in [0.717, 1.165) is 42.5 Å². The smallest absolute Gasteiger partial charge is 0.419 e. The lowest BCUT2D eigenvalue weighted by Gasteiger charge is -2.24. The molecule has 3 aromatic carbocycles. The zero-order valence-corrected chi connectivity index (χ0v) is 21.2. The summed E-state index contributed by atoms with van der Waals surface area (Å²) < 4.78 is 122. The van der Waals surface area contributed by atoms with E-state index in [1.165, 1.54) is 13.0 Å². The number of aromatic carboxylic acids is 1. The maximum Gasteiger partial charge on any atom is 0.419 e. The van der Waals surface area contributed by atoms with Crippen LogP contribution in [0.4, 0.5) is 35.7 Å². The summed E-state index contributed by atoms with van der Waals surface area (Å²) in [5, 5.41) is 9.32. The number of thiophene rings is 1. The predicted molar refractivity (Wildman–Crippen MR) is 130 cm³/mol. The van der Waals surface area contributed by atoms with Crippen LogP contribution in [-0.2, 0) is 28.9 Å². The Labute approximate surface area is 220 Å². The minimum Gasteiger partial charge on any atom is -0.478 e. The highest BCUT2D eigenvalue weighted by Gasteiger charge is 2.36. The van der Waals surface area contributed by atoms with Gasteiger partial charge in [0.25, 0.3) is 10.0 Å². The molecule has 14 heteroatoms. The fraction of sp³-hybridized carbons (Fsp3) is 0.160. The molecule has 0 aliphatic rings. The lowest BCUT2D eigenvalue weighted by Crippen LogP contribution is -2.30. The van der Waals surface area contributed by atoms with Gasteiger partial charge in [0.1, 0.15) is 10.8 Å². The monoisotopic (exact) mass is 591 g/mol. The molecule has 0 spiro atoms. The molecule has 1 N–H and O–H groups in total. The molecule has 0 unspecified atom stereocenters. The SMILES string of the molecule is Cc1c(N(Cc2ccc(F)c(C(F)(F)F)c2)S(=O)(=O)c2ccc(C(=O)O)cc2)sc2cc(C(F)(F)F)ccc12. The van der Waals surface area contributed by atoms with Gasteiger partial charge in [0.15, 0.2) is 0 Å². The second-order valence-electron chi connectivity index (χ2n) is 8.39. The Morgan fingerprint density at radius 3 is 2.13 bits per heavy atom. The normalized spacial score (nSPS) is 12.6. The average Bonchev–Trinajstić information content (AvgIpc) is 3.17. The van der Waals surface area contributed by atoms with Crippen LogP contribution < -0.4 is 4.31 Å². The number of sulfonamides is 1. The summed E-state index contributed by atoms with van der Waals surface area (Å²) in [6.07, 6.45) is -9.75. The van der Waals surface area contributed by atoms with E-state index in [0.29, 0.717) is 33.2 Å². The zero-order valence-electron chi connectivity index (χ0n) is 19.6. The summed E-state index contributed by atoms with van der Waals surface area (Å²) in [6.45, 7) is 0.718. The number of hydrogen-bond acceptors (Lipinski definition) is 4. The number of anilines is 1. The zero-order chi connectivity index (χ0) is 28.9. The van der Waals surface area contributed by atoms with Crippen molar-refractivity contribution < 1.29 is 49.1 Å². The van der Waals surface area contributed by atoms with Gasteiger partial charge in [-0.3, -0.25) is 4.31 Å². The molecule has 206 valence electrons. The third kappa shape index (κ3) is 5.57. The molecule has 0 aliphatic carbocycles. The second kappa shape index (κ2) is 9.83. The number of benzene rings is 3. The van der Waals surface area contributed by atoms with E-state index in [-0.39, 0.29) is 26.4 Å². The highest BCUT2D eigenvalue weighted by atomic mass is 32.2. The first-order valence-corrected chi connectivity index (χ1v) is 13.1. The fourth-order valence-corrected chi connectivity index (χ4v) is 6.81. The first kappa shape index (κ1) is 28.4. The van der Waals surface area contributed by atoms with E-state index < -0.39 is 56.7 Å². The van der Waals surface area contributed by atoms with Gasteiger partial charge in [-0.2, -0.15) is 26.3 Å². The standard InChI is InChI=1S/C25H16F7NO4S2/c1-13-18-8-5-16(24(27,28)29)11-21(18)38-22(13)33(12-14-2-9-20(26)19(10-14)25(30,31)32)39(36,37)17-6-3-15(4-7-17)23(34)35/h2-11H,12H2,1H3,(H,34,35). The van der Waals surface area contributed by atoms with Gasteiger partial charge >= 0.3 is 18.3 Å². The van der Waals surface area contributed by atoms with Crippen molar-refractivity contribution in [3.63, 3.8) is 0 Å². The number of hydrogen-bond donors (Lipinski definition) is 1. The van der Waals surface area contributed by atoms with E-state index in [1.807, 2.05) is 0 Å². The van der Waals surface area contributed by atoms with E-state index >= 15 is 0 Å². The summed E-state index contributed by atoms with van der Waals surface area (Å²) in [6, 6.07) is 8.79. The first-order chi connectivity index (χ1) is 18.0. The minimum atomic E-state index is -5.07. The van der Waals surface area contributed by atoms with E-state index in [9.17, 15) is 43.9 Å². The van der Waals surface area contributed by atoms with Crippen LogP contribution in [0, 0.1) is 12.7 Å². The van der Waals surface area contributed by atoms with Gasteiger partial charge < -0.3 is 5.11 Å². The van der Waals surface area contributed by atoms with Gasteiger partial charge in [-0.1, -0.05) is 12.1 Å². The number of carboxylic acid groups (broad SMARTS) is 1. The molecule has 39 heavy (non-hydrogen) atoms. The Kier molecular flexibility index (Phi) is 7.15. The van der Waals surface area contributed by atoms with Gasteiger partial charge in [-0.05, 0) is 72.0 Å². The van der Waals surface area contributed by atoms with Gasteiger partial charge in [-0.15, -0.1) is 11.3 Å². The number of alkyl halides is 6. The van der Waals surface area contributed by atoms with Crippen LogP contribution in [-0.4, -0.2) is 19.5 Å². The molecular formula is C25H16F7NO4S2. The minimum absolute atomic E-state index is 0.0776. The number of aryl methyl sites for hydroxylation is 1. The molecule has 0 aliphatic heterocycles. The second-order valence-corrected chi connectivity index (χ2v) is 11.3. The molecule has 0 amide bonds. The summed E-state index contributed by atoms with van der Waals surface area (Å²) in [5.74, 6) is -2.90. The van der Waals surface area contributed by atoms with Crippen molar-refractivity contribution in [2.24, 2.45) is 0 Å². The number of carbonyl (C=O) groups is 1. The maximum absolute atomic E-state index is 13.9. The molecular weight excluding hydrogens is 575 g/mol. The quantitative estimate of drug-likeness (QED) is 0.236. The molecule has 4 rings (SSSR count). The highest BCUT2D eigenvalue weighted by molar-refractivity contribution is 7.93. The van der Waals surface area contributed by atoms with Crippen molar-refractivity contribution in [1.29, 1.82) is 0 Å². The molecule has 0 saturated heterocycles. The Morgan fingerprint density at radius 1 is 0.923 bits per heavy atom. The van der Waals surface area contributed by atoms with Crippen LogP contribution in [0.15, 0.2) is 65.6 Å². The van der Waals surface area contributed by atoms with Gasteiger partial charge in [0.05, 0.1) is 28.1 Å². The van der Waals surface area contributed by atoms with Crippen LogP contribution in [0.25, 0.3) is 10.1 Å². The summed E-state index contributed by atoms with van der Waals surface area (Å²) >= 11 is 0.680. The Balaban J connectivity index is 1.90. The maximum atomic E-state index is 13.9. The Hall–Kier alpha value is -3.65. The molecule has 0 bridgehead atoms. The van der Waals surface area contributed by atoms with Crippen LogP contribution >= 0.6 is 11.3 Å². The van der Waals surface area contributed by atoms with Crippen molar-refractivity contribution in [3.8, 4) is 0 Å². The fourth-order valence-electron chi connectivity index (χ4n) is 3.84. The van der Waals surface area contributed by atoms with Gasteiger partial charge in [-0.25, -0.2) is 17.6 Å². The summed E-state index contributed by atoms with van der Waals surface area (Å²) in [5.41, 5.74) is -2.83. The van der Waals surface area contributed by atoms with Crippen LogP contribution in [0.2, 0.25) is 0 Å². The lowest BCUT2D eigenvalue weighted by atomic mass is 10.1. The summed E-state index contributed by atoms with van der Waals surface area (Å²) in [7, 11) is -4.61. The molecule has 1 aromatic heterocycles. The largest absolute Gasteiger partial charge is 0.478 e. The van der Waals surface area contributed by atoms with Crippen molar-refractivity contribution in [1.82, 2.24) is 0 Å². The van der Waals surface area contributed by atoms with Crippen LogP contribution in [0.1, 0.15) is 32.6 Å². The Bertz CT molecular complexity index is 1680. The van der Waals surface area contributed by atoms with E-state index in [1.54, 1.807) is 0 Å². The molecule has 1 heterocycles. The first-order valence-electron chi connectivity index (χ1n) is 10.8. The van der Waals surface area contributed by atoms with Crippen molar-refractivity contribution in [2.45, 2.75) is 30.7 Å². The molecule has 0 saturated carbocycles. The average molecular weight is 592 g/mol. The van der Waals surface area contributed by atoms with Crippen molar-refractivity contribution >= 4 is 42.4 Å². The Morgan fingerprint density at radius 2 is 1.56 bits per heavy atom. The number of nitrogens with zero attached hydrogens (tertiary/aromatic N) is 1. The number of fused-ring (bicyclic) bond motifs is 1. The number of rotatable bonds is 6. The predicted octanol–water partition coefficient (Wildman–Crippen LogP) is 7.48. The van der Waals surface area contributed by atoms with Crippen LogP contribution in [0.3, 0.4) is 0 Å². The molecule has 5 nitrogen and oxygen atoms in total. The third-order valence-corrected chi connectivity index (χ3v) is 8.97. The number of carboxylic acids is 1. The van der Waals surface area contributed by atoms with Crippen molar-refractivity contribution in [3.05, 3.63) is 94.3 Å². The van der Waals surface area contributed by atoms with E-state index in [4.69, 9.17) is 5.11 Å². The topological polar surface area (TPSA) is 74.7 Å². The van der Waals surface area contributed by atoms with Gasteiger partial charge in [0.2, 0.25) is 0 Å². The van der Waals surface area contributed by atoms with Crippen molar-refractivity contribution in [2.75, 3.05) is 4.31 Å². The molecule has 0 fully saturated rings. The van der Waals surface area contributed by atoms with Crippen LogP contribution in [0.5, 0.6) is 0 Å². The molecule has 0 atom stereocenters. The third-order valence-electron chi connectivity index (χ3n) is 5.82. The van der Waals surface area contributed by atoms with Gasteiger partial charge in [0, 0.05) is 4.70 Å². The lowest BCUT2D eigenvalue weighted by molar-refractivity contribution is -0.140. The highest BCUT2D eigenvalue weighted by Crippen LogP contribution is 2.43. The number of halogens is 7. The molecule has 4 aromatic rings. The summed E-state index contributed by atoms with van der Waals surface area (Å²) in [4.78, 5) is 10.8. The molecule has 0 radical (unpaired) electrons.